The zero-order valence-electron chi connectivity index (χ0n) is 6.84. The molecule has 0 aromatic rings. The lowest BCUT2D eigenvalue weighted by molar-refractivity contribution is -0.124. The molecule has 0 aromatic carbocycles. The van der Waals surface area contributed by atoms with E-state index in [4.69, 9.17) is 5.26 Å². The maximum Gasteiger partial charge on any atom is 0.140 e. The summed E-state index contributed by atoms with van der Waals surface area (Å²) in [5.41, 5.74) is 0. The Morgan fingerprint density at radius 2 is 2.36 bits per heavy atom. The number of ketones is 1. The SMILES string of the molecule is CCC(CC#N)C(=O)C1CC1. The molecule has 0 bridgehead atoms. The average Bonchev–Trinajstić information content (AvgIpc) is 2.81. The first-order valence-corrected chi connectivity index (χ1v) is 4.20. The first-order valence-electron chi connectivity index (χ1n) is 4.20. The Bertz CT molecular complexity index is 188. The summed E-state index contributed by atoms with van der Waals surface area (Å²) in [6, 6.07) is 2.06. The maximum absolute atomic E-state index is 11.4. The first kappa shape index (κ1) is 8.26. The lowest BCUT2D eigenvalue weighted by Crippen LogP contribution is -2.14. The van der Waals surface area contributed by atoms with E-state index in [-0.39, 0.29) is 5.92 Å². The molecule has 2 heteroatoms. The summed E-state index contributed by atoms with van der Waals surface area (Å²) in [6.07, 6.45) is 3.34. The molecule has 0 aliphatic heterocycles. The number of nitrogens with zero attached hydrogens (tertiary/aromatic N) is 1. The highest BCUT2D eigenvalue weighted by Gasteiger charge is 2.33. The number of nitriles is 1. The summed E-state index contributed by atoms with van der Waals surface area (Å²) in [6.45, 7) is 1.97. The van der Waals surface area contributed by atoms with Gasteiger partial charge in [-0.15, -0.1) is 0 Å². The number of carbonyl (C=O) groups is 1. The van der Waals surface area contributed by atoms with Gasteiger partial charge in [0.15, 0.2) is 0 Å². The lowest BCUT2D eigenvalue weighted by atomic mass is 9.95. The molecule has 11 heavy (non-hydrogen) atoms. The van der Waals surface area contributed by atoms with E-state index in [1.807, 2.05) is 6.92 Å². The number of Topliss-reactive ketones (excluding diaryl/α,β-unsaturated/α-hetero) is 1. The highest BCUT2D eigenvalue weighted by Crippen LogP contribution is 2.33. The molecule has 0 amide bonds. The van der Waals surface area contributed by atoms with Crippen LogP contribution in [-0.2, 0) is 4.79 Å². The van der Waals surface area contributed by atoms with Crippen molar-refractivity contribution in [1.82, 2.24) is 0 Å². The minimum atomic E-state index is 0.0208. The smallest absolute Gasteiger partial charge is 0.140 e. The number of rotatable bonds is 4. The fourth-order valence-electron chi connectivity index (χ4n) is 1.26. The van der Waals surface area contributed by atoms with Gasteiger partial charge in [-0.05, 0) is 19.3 Å². The van der Waals surface area contributed by atoms with E-state index in [1.165, 1.54) is 0 Å². The van der Waals surface area contributed by atoms with Crippen LogP contribution < -0.4 is 0 Å². The van der Waals surface area contributed by atoms with E-state index in [0.29, 0.717) is 18.1 Å². The molecule has 0 aromatic heterocycles. The topological polar surface area (TPSA) is 40.9 Å². The van der Waals surface area contributed by atoms with Crippen molar-refractivity contribution in [2.24, 2.45) is 11.8 Å². The number of hydrogen-bond donors (Lipinski definition) is 0. The number of hydrogen-bond acceptors (Lipinski definition) is 2. The molecule has 2 nitrogen and oxygen atoms in total. The van der Waals surface area contributed by atoms with E-state index in [0.717, 1.165) is 19.3 Å². The van der Waals surface area contributed by atoms with Crippen molar-refractivity contribution in [3.05, 3.63) is 0 Å². The van der Waals surface area contributed by atoms with Crippen LogP contribution in [0.4, 0.5) is 0 Å². The van der Waals surface area contributed by atoms with Gasteiger partial charge in [0.1, 0.15) is 5.78 Å². The predicted molar refractivity (Wildman–Crippen MR) is 41.7 cm³/mol. The third-order valence-electron chi connectivity index (χ3n) is 2.21. The Labute approximate surface area is 67.2 Å². The van der Waals surface area contributed by atoms with E-state index in [2.05, 4.69) is 6.07 Å². The molecule has 0 radical (unpaired) electrons. The minimum absolute atomic E-state index is 0.0208. The van der Waals surface area contributed by atoms with Crippen molar-refractivity contribution in [2.45, 2.75) is 32.6 Å². The van der Waals surface area contributed by atoms with E-state index in [1.54, 1.807) is 0 Å². The molecular formula is C9H13NO. The van der Waals surface area contributed by atoms with Crippen LogP contribution in [0, 0.1) is 23.2 Å². The summed E-state index contributed by atoms with van der Waals surface area (Å²) in [4.78, 5) is 11.4. The molecule has 1 atom stereocenters. The summed E-state index contributed by atoms with van der Waals surface area (Å²) in [7, 11) is 0. The summed E-state index contributed by atoms with van der Waals surface area (Å²) in [5.74, 6) is 0.662. The van der Waals surface area contributed by atoms with E-state index in [9.17, 15) is 4.79 Å². The normalized spacial score (nSPS) is 18.9. The van der Waals surface area contributed by atoms with Crippen LogP contribution in [0.2, 0.25) is 0 Å². The quantitative estimate of drug-likeness (QED) is 0.615. The van der Waals surface area contributed by atoms with Crippen molar-refractivity contribution in [3.8, 4) is 6.07 Å². The number of carbonyl (C=O) groups excluding carboxylic acids is 1. The fourth-order valence-corrected chi connectivity index (χ4v) is 1.26. The Kier molecular flexibility index (Phi) is 2.64. The van der Waals surface area contributed by atoms with Gasteiger partial charge in [0.05, 0.1) is 6.07 Å². The van der Waals surface area contributed by atoms with Crippen molar-refractivity contribution in [2.75, 3.05) is 0 Å². The lowest BCUT2D eigenvalue weighted by Gasteiger charge is -2.07. The van der Waals surface area contributed by atoms with Crippen molar-refractivity contribution in [1.29, 1.82) is 5.26 Å². The van der Waals surface area contributed by atoms with Crippen LogP contribution in [0.1, 0.15) is 32.6 Å². The molecule has 1 fully saturated rings. The van der Waals surface area contributed by atoms with Crippen LogP contribution in [0.15, 0.2) is 0 Å². The Morgan fingerprint density at radius 3 is 2.73 bits per heavy atom. The zero-order valence-corrected chi connectivity index (χ0v) is 6.84. The Morgan fingerprint density at radius 1 is 1.73 bits per heavy atom. The molecule has 1 rings (SSSR count). The highest BCUT2D eigenvalue weighted by molar-refractivity contribution is 5.85. The molecule has 60 valence electrons. The van der Waals surface area contributed by atoms with Gasteiger partial charge in [0, 0.05) is 18.3 Å². The summed E-state index contributed by atoms with van der Waals surface area (Å²) < 4.78 is 0. The van der Waals surface area contributed by atoms with Gasteiger partial charge in [-0.2, -0.15) is 5.26 Å². The van der Waals surface area contributed by atoms with Crippen molar-refractivity contribution >= 4 is 5.78 Å². The van der Waals surface area contributed by atoms with Gasteiger partial charge in [0.2, 0.25) is 0 Å². The molecule has 0 N–H and O–H groups in total. The second-order valence-electron chi connectivity index (χ2n) is 3.14. The zero-order chi connectivity index (χ0) is 8.27. The van der Waals surface area contributed by atoms with E-state index < -0.39 is 0 Å². The molecule has 1 saturated carbocycles. The van der Waals surface area contributed by atoms with Crippen LogP contribution >= 0.6 is 0 Å². The molecule has 0 spiro atoms. The highest BCUT2D eigenvalue weighted by atomic mass is 16.1. The molecule has 1 aliphatic rings. The minimum Gasteiger partial charge on any atom is -0.299 e. The summed E-state index contributed by atoms with van der Waals surface area (Å²) >= 11 is 0. The van der Waals surface area contributed by atoms with Gasteiger partial charge in [0.25, 0.3) is 0 Å². The molecule has 0 saturated heterocycles. The van der Waals surface area contributed by atoms with Gasteiger partial charge in [-0.1, -0.05) is 6.92 Å². The van der Waals surface area contributed by atoms with Crippen LogP contribution in [0.5, 0.6) is 0 Å². The fraction of sp³-hybridized carbons (Fsp3) is 0.778. The Hall–Kier alpha value is -0.840. The average molecular weight is 151 g/mol. The van der Waals surface area contributed by atoms with Gasteiger partial charge in [-0.3, -0.25) is 4.79 Å². The molecular weight excluding hydrogens is 138 g/mol. The Balaban J connectivity index is 2.40. The van der Waals surface area contributed by atoms with Crippen LogP contribution in [0.3, 0.4) is 0 Å². The van der Waals surface area contributed by atoms with Crippen LogP contribution in [0.25, 0.3) is 0 Å². The summed E-state index contributed by atoms with van der Waals surface area (Å²) in [5, 5.41) is 8.42. The van der Waals surface area contributed by atoms with E-state index >= 15 is 0 Å². The third-order valence-corrected chi connectivity index (χ3v) is 2.21. The first-order chi connectivity index (χ1) is 5.29. The largest absolute Gasteiger partial charge is 0.299 e. The molecule has 1 aliphatic carbocycles. The second kappa shape index (κ2) is 3.52. The maximum atomic E-state index is 11.4. The molecule has 1 unspecified atom stereocenters. The molecule has 0 heterocycles. The van der Waals surface area contributed by atoms with Gasteiger partial charge >= 0.3 is 0 Å². The van der Waals surface area contributed by atoms with Crippen molar-refractivity contribution < 1.29 is 4.79 Å². The van der Waals surface area contributed by atoms with Crippen LogP contribution in [-0.4, -0.2) is 5.78 Å². The third kappa shape index (κ3) is 2.04. The van der Waals surface area contributed by atoms with Gasteiger partial charge in [-0.25, -0.2) is 0 Å². The standard InChI is InChI=1S/C9H13NO/c1-2-7(5-6-10)9(11)8-3-4-8/h7-8H,2-5H2,1H3. The predicted octanol–water partition coefficient (Wildman–Crippen LogP) is 1.91. The monoisotopic (exact) mass is 151 g/mol. The second-order valence-corrected chi connectivity index (χ2v) is 3.14. The van der Waals surface area contributed by atoms with Crippen molar-refractivity contribution in [3.63, 3.8) is 0 Å². The van der Waals surface area contributed by atoms with Gasteiger partial charge < -0.3 is 0 Å².